The molecule has 0 amide bonds. The molecule has 0 bridgehead atoms. The van der Waals surface area contributed by atoms with Gasteiger partial charge in [-0.1, -0.05) is 0 Å². The van der Waals surface area contributed by atoms with Crippen LogP contribution in [0, 0.1) is 22.9 Å². The summed E-state index contributed by atoms with van der Waals surface area (Å²) in [6.45, 7) is 1.14. The van der Waals surface area contributed by atoms with Gasteiger partial charge in [-0.2, -0.15) is 0 Å². The third kappa shape index (κ3) is 2.30. The Morgan fingerprint density at radius 2 is 2.11 bits per heavy atom. The first kappa shape index (κ1) is 13.1. The molecule has 0 radical (unpaired) electrons. The molecule has 2 rings (SSSR count). The van der Waals surface area contributed by atoms with E-state index in [2.05, 4.69) is 4.98 Å². The number of nitro benzene ring substituents is 1. The lowest BCUT2D eigenvalue weighted by atomic mass is 9.95. The highest BCUT2D eigenvalue weighted by Crippen LogP contribution is 2.32. The molecule has 0 spiro atoms. The maximum atomic E-state index is 13.7. The number of halogens is 1. The van der Waals surface area contributed by atoms with Gasteiger partial charge in [-0.15, -0.1) is 0 Å². The van der Waals surface area contributed by atoms with Crippen LogP contribution in [-0.2, 0) is 6.61 Å². The Labute approximate surface area is 108 Å². The fourth-order valence-electron chi connectivity index (χ4n) is 1.99. The van der Waals surface area contributed by atoms with E-state index in [1.807, 2.05) is 0 Å². The van der Waals surface area contributed by atoms with Crippen LogP contribution in [0.15, 0.2) is 30.6 Å². The van der Waals surface area contributed by atoms with Crippen molar-refractivity contribution < 1.29 is 14.4 Å². The van der Waals surface area contributed by atoms with E-state index >= 15 is 0 Å². The topological polar surface area (TPSA) is 76.3 Å². The summed E-state index contributed by atoms with van der Waals surface area (Å²) in [6.07, 6.45) is 2.49. The normalized spacial score (nSPS) is 10.5. The van der Waals surface area contributed by atoms with E-state index in [0.29, 0.717) is 16.7 Å². The number of hydrogen-bond acceptors (Lipinski definition) is 4. The van der Waals surface area contributed by atoms with Gasteiger partial charge < -0.3 is 5.11 Å². The molecule has 6 heteroatoms. The van der Waals surface area contributed by atoms with Crippen molar-refractivity contribution >= 4 is 5.69 Å². The number of aliphatic hydroxyl groups excluding tert-OH is 1. The Morgan fingerprint density at radius 1 is 1.37 bits per heavy atom. The van der Waals surface area contributed by atoms with Gasteiger partial charge in [0.2, 0.25) is 0 Å². The molecular weight excluding hydrogens is 251 g/mol. The number of nitro groups is 1. The predicted molar refractivity (Wildman–Crippen MR) is 66.9 cm³/mol. The fraction of sp³-hybridized carbons (Fsp3) is 0.154. The molecule has 0 unspecified atom stereocenters. The zero-order valence-corrected chi connectivity index (χ0v) is 10.1. The molecule has 2 aromatic rings. The molecule has 0 aliphatic carbocycles. The van der Waals surface area contributed by atoms with Crippen molar-refractivity contribution in [2.45, 2.75) is 13.5 Å². The molecule has 0 saturated carbocycles. The van der Waals surface area contributed by atoms with Crippen LogP contribution in [0.4, 0.5) is 10.1 Å². The van der Waals surface area contributed by atoms with Crippen LogP contribution in [0.2, 0.25) is 0 Å². The zero-order chi connectivity index (χ0) is 14.0. The van der Waals surface area contributed by atoms with E-state index < -0.39 is 17.3 Å². The van der Waals surface area contributed by atoms with Gasteiger partial charge in [-0.25, -0.2) is 4.39 Å². The third-order valence-electron chi connectivity index (χ3n) is 2.99. The summed E-state index contributed by atoms with van der Waals surface area (Å²) < 4.78 is 13.7. The number of pyridine rings is 1. The van der Waals surface area contributed by atoms with Gasteiger partial charge in [-0.05, 0) is 30.2 Å². The lowest BCUT2D eigenvalue weighted by Gasteiger charge is -2.11. The molecule has 19 heavy (non-hydrogen) atoms. The molecule has 0 atom stereocenters. The average Bonchev–Trinajstić information content (AvgIpc) is 2.38. The Kier molecular flexibility index (Phi) is 3.52. The van der Waals surface area contributed by atoms with Gasteiger partial charge in [0.1, 0.15) is 5.82 Å². The number of aromatic nitrogens is 1. The van der Waals surface area contributed by atoms with Gasteiger partial charge in [0.05, 0.1) is 17.7 Å². The molecule has 98 valence electrons. The Morgan fingerprint density at radius 3 is 2.68 bits per heavy atom. The van der Waals surface area contributed by atoms with Gasteiger partial charge in [-0.3, -0.25) is 15.1 Å². The smallest absolute Gasteiger partial charge is 0.272 e. The predicted octanol–water partition coefficient (Wildman–Crippen LogP) is 2.60. The summed E-state index contributed by atoms with van der Waals surface area (Å²) in [6, 6.07) is 4.22. The fourth-order valence-corrected chi connectivity index (χ4v) is 1.99. The molecule has 0 saturated heterocycles. The second-order valence-corrected chi connectivity index (χ2v) is 4.01. The molecule has 1 N–H and O–H groups in total. The van der Waals surface area contributed by atoms with Crippen LogP contribution in [-0.4, -0.2) is 15.0 Å². The molecule has 1 aromatic heterocycles. The highest BCUT2D eigenvalue weighted by atomic mass is 19.1. The van der Waals surface area contributed by atoms with Crippen molar-refractivity contribution in [1.82, 2.24) is 4.98 Å². The zero-order valence-electron chi connectivity index (χ0n) is 10.1. The summed E-state index contributed by atoms with van der Waals surface area (Å²) in [4.78, 5) is 14.0. The minimum Gasteiger partial charge on any atom is -0.392 e. The van der Waals surface area contributed by atoms with Crippen molar-refractivity contribution in [2.75, 3.05) is 0 Å². The number of hydrogen-bond donors (Lipinski definition) is 1. The highest BCUT2D eigenvalue weighted by molar-refractivity contribution is 5.71. The summed E-state index contributed by atoms with van der Waals surface area (Å²) in [5.41, 5.74) is 1.28. The molecule has 1 heterocycles. The van der Waals surface area contributed by atoms with E-state index in [9.17, 15) is 19.6 Å². The van der Waals surface area contributed by atoms with E-state index in [0.717, 1.165) is 6.20 Å². The van der Waals surface area contributed by atoms with Crippen LogP contribution in [0.25, 0.3) is 11.1 Å². The van der Waals surface area contributed by atoms with Gasteiger partial charge >= 0.3 is 0 Å². The van der Waals surface area contributed by atoms with E-state index in [1.54, 1.807) is 0 Å². The first-order valence-electron chi connectivity index (χ1n) is 5.54. The Hall–Kier alpha value is -2.34. The SMILES string of the molecule is Cc1c([N+](=O)[O-])ccc(-c2ccncc2F)c1CO. The Bertz CT molecular complexity index is 644. The van der Waals surface area contributed by atoms with Crippen molar-refractivity contribution in [3.05, 3.63) is 57.7 Å². The molecule has 5 nitrogen and oxygen atoms in total. The molecule has 0 aliphatic heterocycles. The van der Waals surface area contributed by atoms with E-state index in [1.165, 1.54) is 31.3 Å². The van der Waals surface area contributed by atoms with Gasteiger partial charge in [0, 0.05) is 23.4 Å². The largest absolute Gasteiger partial charge is 0.392 e. The van der Waals surface area contributed by atoms with Crippen molar-refractivity contribution in [1.29, 1.82) is 0 Å². The van der Waals surface area contributed by atoms with Gasteiger partial charge in [0.25, 0.3) is 5.69 Å². The van der Waals surface area contributed by atoms with Crippen molar-refractivity contribution in [2.24, 2.45) is 0 Å². The van der Waals surface area contributed by atoms with Crippen LogP contribution < -0.4 is 0 Å². The summed E-state index contributed by atoms with van der Waals surface area (Å²) in [5, 5.41) is 20.2. The van der Waals surface area contributed by atoms with Crippen molar-refractivity contribution in [3.63, 3.8) is 0 Å². The lowest BCUT2D eigenvalue weighted by molar-refractivity contribution is -0.385. The van der Waals surface area contributed by atoms with Crippen LogP contribution in [0.3, 0.4) is 0 Å². The second-order valence-electron chi connectivity index (χ2n) is 4.01. The number of aliphatic hydroxyl groups is 1. The van der Waals surface area contributed by atoms with Crippen LogP contribution >= 0.6 is 0 Å². The summed E-state index contributed by atoms with van der Waals surface area (Å²) in [5.74, 6) is -0.537. The average molecular weight is 262 g/mol. The van der Waals surface area contributed by atoms with Crippen LogP contribution in [0.1, 0.15) is 11.1 Å². The molecule has 1 aromatic carbocycles. The molecule has 0 aliphatic rings. The van der Waals surface area contributed by atoms with Gasteiger partial charge in [0.15, 0.2) is 0 Å². The standard InChI is InChI=1S/C13H11FN2O3/c1-8-11(7-17)9(2-3-13(8)16(18)19)10-4-5-15-6-12(10)14/h2-6,17H,7H2,1H3. The monoisotopic (exact) mass is 262 g/mol. The maximum Gasteiger partial charge on any atom is 0.272 e. The number of rotatable bonds is 3. The first-order chi connectivity index (χ1) is 9.06. The minimum atomic E-state index is -0.537. The summed E-state index contributed by atoms with van der Waals surface area (Å²) in [7, 11) is 0. The highest BCUT2D eigenvalue weighted by Gasteiger charge is 2.19. The molecular formula is C13H11FN2O3. The summed E-state index contributed by atoms with van der Waals surface area (Å²) >= 11 is 0. The van der Waals surface area contributed by atoms with E-state index in [4.69, 9.17) is 0 Å². The maximum absolute atomic E-state index is 13.7. The quantitative estimate of drug-likeness (QED) is 0.681. The van der Waals surface area contributed by atoms with Crippen molar-refractivity contribution in [3.8, 4) is 11.1 Å². The number of benzene rings is 1. The van der Waals surface area contributed by atoms with E-state index in [-0.39, 0.29) is 11.3 Å². The Balaban J connectivity index is 2.69. The first-order valence-corrected chi connectivity index (χ1v) is 5.54. The second kappa shape index (κ2) is 5.11. The lowest BCUT2D eigenvalue weighted by Crippen LogP contribution is -2.00. The number of nitrogens with zero attached hydrogens (tertiary/aromatic N) is 2. The minimum absolute atomic E-state index is 0.0951. The third-order valence-corrected chi connectivity index (χ3v) is 2.99. The van der Waals surface area contributed by atoms with Crippen LogP contribution in [0.5, 0.6) is 0 Å². The molecule has 0 fully saturated rings.